The second-order valence-corrected chi connectivity index (χ2v) is 7.94. The van der Waals surface area contributed by atoms with E-state index in [1.807, 2.05) is 19.1 Å². The van der Waals surface area contributed by atoms with Crippen molar-refractivity contribution in [2.24, 2.45) is 0 Å². The van der Waals surface area contributed by atoms with Gasteiger partial charge in [-0.3, -0.25) is 0 Å². The Kier molecular flexibility index (Phi) is 5.08. The monoisotopic (exact) mass is 407 g/mol. The van der Waals surface area contributed by atoms with Crippen LogP contribution in [0.25, 0.3) is 11.4 Å². The molecule has 1 aliphatic carbocycles. The smallest absolute Gasteiger partial charge is 0.227 e. The molecule has 2 aliphatic rings. The molecule has 8 heteroatoms. The van der Waals surface area contributed by atoms with E-state index in [4.69, 9.17) is 0 Å². The first-order valence-electron chi connectivity index (χ1n) is 10.6. The predicted octanol–water partition coefficient (Wildman–Crippen LogP) is 3.67. The number of piperazine rings is 1. The summed E-state index contributed by atoms with van der Waals surface area (Å²) >= 11 is 0. The number of halogens is 1. The van der Waals surface area contributed by atoms with Gasteiger partial charge in [0.1, 0.15) is 11.5 Å². The molecule has 2 fully saturated rings. The normalized spacial score (nSPS) is 17.1. The van der Waals surface area contributed by atoms with Gasteiger partial charge in [0.05, 0.1) is 18.1 Å². The highest BCUT2D eigenvalue weighted by atomic mass is 19.1. The number of imidazole rings is 1. The maximum atomic E-state index is 14.6. The van der Waals surface area contributed by atoms with Crippen LogP contribution in [0.5, 0.6) is 0 Å². The lowest BCUT2D eigenvalue weighted by Crippen LogP contribution is -2.43. The zero-order valence-electron chi connectivity index (χ0n) is 17.1. The van der Waals surface area contributed by atoms with Crippen LogP contribution >= 0.6 is 0 Å². The van der Waals surface area contributed by atoms with Gasteiger partial charge in [0.15, 0.2) is 5.82 Å². The predicted molar refractivity (Wildman–Crippen MR) is 116 cm³/mol. The quantitative estimate of drug-likeness (QED) is 0.673. The number of hydrogen-bond acceptors (Lipinski definition) is 6. The minimum Gasteiger partial charge on any atom is -0.369 e. The molecule has 0 unspecified atom stereocenters. The molecule has 0 atom stereocenters. The Morgan fingerprint density at radius 3 is 2.53 bits per heavy atom. The summed E-state index contributed by atoms with van der Waals surface area (Å²) < 4.78 is 16.7. The van der Waals surface area contributed by atoms with E-state index in [2.05, 4.69) is 47.2 Å². The molecular weight excluding hydrogens is 381 g/mol. The summed E-state index contributed by atoms with van der Waals surface area (Å²) in [6, 6.07) is 8.57. The molecule has 0 spiro atoms. The fraction of sp³-hybridized carbons (Fsp3) is 0.409. The zero-order chi connectivity index (χ0) is 20.5. The van der Waals surface area contributed by atoms with Crippen molar-refractivity contribution in [3.8, 4) is 11.4 Å². The van der Waals surface area contributed by atoms with Crippen LogP contribution in [0.15, 0.2) is 36.7 Å². The molecule has 156 valence electrons. The van der Waals surface area contributed by atoms with Crippen molar-refractivity contribution in [3.05, 3.63) is 48.3 Å². The lowest BCUT2D eigenvalue weighted by molar-refractivity contribution is 0.311. The highest BCUT2D eigenvalue weighted by Crippen LogP contribution is 2.36. The van der Waals surface area contributed by atoms with Crippen LogP contribution in [0.1, 0.15) is 31.1 Å². The van der Waals surface area contributed by atoms with Crippen LogP contribution in [-0.2, 0) is 0 Å². The molecule has 1 aliphatic heterocycles. The lowest BCUT2D eigenvalue weighted by atomic mass is 9.92. The molecule has 2 aromatic heterocycles. The van der Waals surface area contributed by atoms with Gasteiger partial charge in [-0.2, -0.15) is 0 Å². The maximum absolute atomic E-state index is 14.6. The third kappa shape index (κ3) is 3.63. The average Bonchev–Trinajstić information content (AvgIpc) is 3.10. The summed E-state index contributed by atoms with van der Waals surface area (Å²) in [5.74, 6) is 0.834. The largest absolute Gasteiger partial charge is 0.369 e. The van der Waals surface area contributed by atoms with Crippen LogP contribution < -0.4 is 15.5 Å². The molecule has 0 radical (unpaired) electrons. The van der Waals surface area contributed by atoms with Gasteiger partial charge in [-0.1, -0.05) is 0 Å². The number of aromatic nitrogens is 4. The zero-order valence-corrected chi connectivity index (χ0v) is 17.1. The number of nitrogens with one attached hydrogen (secondary N) is 2. The van der Waals surface area contributed by atoms with Crippen molar-refractivity contribution in [1.29, 1.82) is 0 Å². The lowest BCUT2D eigenvalue weighted by Gasteiger charge is -2.29. The topological polar surface area (TPSA) is 70.9 Å². The molecule has 3 heterocycles. The van der Waals surface area contributed by atoms with Gasteiger partial charge in [0.2, 0.25) is 5.95 Å². The van der Waals surface area contributed by atoms with Gasteiger partial charge in [0.25, 0.3) is 0 Å². The Labute approximate surface area is 175 Å². The van der Waals surface area contributed by atoms with Gasteiger partial charge in [-0.15, -0.1) is 0 Å². The molecule has 7 nitrogen and oxygen atoms in total. The summed E-state index contributed by atoms with van der Waals surface area (Å²) in [4.78, 5) is 15.4. The standard InChI is InChI=1S/C22H26FN7/c1-15-25-14-20(30(15)18-3-2-4-18)21-19(23)13-26-22(28-21)27-16-5-7-17(8-6-16)29-11-9-24-10-12-29/h5-8,13-14,18,24H,2-4,9-12H2,1H3,(H,26,27,28). The average molecular weight is 407 g/mol. The van der Waals surface area contributed by atoms with E-state index < -0.39 is 5.82 Å². The molecular formula is C22H26FN7. The minimum atomic E-state index is -0.435. The van der Waals surface area contributed by atoms with Crippen LogP contribution in [0.2, 0.25) is 0 Å². The van der Waals surface area contributed by atoms with E-state index in [-0.39, 0.29) is 5.69 Å². The SMILES string of the molecule is Cc1ncc(-c2nc(Nc3ccc(N4CCNCC4)cc3)ncc2F)n1C1CCC1. The van der Waals surface area contributed by atoms with Gasteiger partial charge in [-0.05, 0) is 50.5 Å². The van der Waals surface area contributed by atoms with Crippen molar-refractivity contribution in [3.63, 3.8) is 0 Å². The molecule has 1 aromatic carbocycles. The fourth-order valence-corrected chi connectivity index (χ4v) is 4.15. The van der Waals surface area contributed by atoms with Gasteiger partial charge in [-0.25, -0.2) is 19.3 Å². The third-order valence-electron chi connectivity index (χ3n) is 6.01. The molecule has 0 bridgehead atoms. The summed E-state index contributed by atoms with van der Waals surface area (Å²) in [5, 5.41) is 6.57. The fourth-order valence-electron chi connectivity index (χ4n) is 4.15. The minimum absolute atomic E-state index is 0.289. The Bertz CT molecular complexity index is 1020. The van der Waals surface area contributed by atoms with Crippen LogP contribution in [-0.4, -0.2) is 45.7 Å². The number of rotatable bonds is 5. The van der Waals surface area contributed by atoms with Gasteiger partial charge >= 0.3 is 0 Å². The van der Waals surface area contributed by atoms with Crippen molar-refractivity contribution in [2.45, 2.75) is 32.2 Å². The van der Waals surface area contributed by atoms with Crippen LogP contribution in [0, 0.1) is 12.7 Å². The Hall–Kier alpha value is -3.00. The maximum Gasteiger partial charge on any atom is 0.227 e. The summed E-state index contributed by atoms with van der Waals surface area (Å²) in [6.07, 6.45) is 6.34. The van der Waals surface area contributed by atoms with E-state index in [1.165, 1.54) is 18.3 Å². The van der Waals surface area contributed by atoms with E-state index in [9.17, 15) is 4.39 Å². The van der Waals surface area contributed by atoms with Crippen molar-refractivity contribution in [1.82, 2.24) is 24.8 Å². The van der Waals surface area contributed by atoms with E-state index in [0.29, 0.717) is 17.7 Å². The van der Waals surface area contributed by atoms with Crippen LogP contribution in [0.3, 0.4) is 0 Å². The molecule has 5 rings (SSSR count). The molecule has 2 N–H and O–H groups in total. The second kappa shape index (κ2) is 8.02. The van der Waals surface area contributed by atoms with Gasteiger partial charge in [0, 0.05) is 43.6 Å². The van der Waals surface area contributed by atoms with Crippen molar-refractivity contribution in [2.75, 3.05) is 36.4 Å². The molecule has 3 aromatic rings. The Balaban J connectivity index is 1.38. The molecule has 1 saturated carbocycles. The first-order valence-corrected chi connectivity index (χ1v) is 10.6. The molecule has 30 heavy (non-hydrogen) atoms. The van der Waals surface area contributed by atoms with Crippen LogP contribution in [0.4, 0.5) is 21.7 Å². The highest BCUT2D eigenvalue weighted by Gasteiger charge is 2.26. The molecule has 0 amide bonds. The summed E-state index contributed by atoms with van der Waals surface area (Å²) in [5.41, 5.74) is 3.07. The number of hydrogen-bond donors (Lipinski definition) is 2. The number of benzene rings is 1. The molecule has 1 saturated heterocycles. The third-order valence-corrected chi connectivity index (χ3v) is 6.01. The Morgan fingerprint density at radius 2 is 1.83 bits per heavy atom. The first kappa shape index (κ1) is 19.0. The van der Waals surface area contributed by atoms with Crippen molar-refractivity contribution >= 4 is 17.3 Å². The van der Waals surface area contributed by atoms with E-state index in [1.54, 1.807) is 6.20 Å². The number of anilines is 3. The summed E-state index contributed by atoms with van der Waals surface area (Å²) in [7, 11) is 0. The number of aryl methyl sites for hydroxylation is 1. The van der Waals surface area contributed by atoms with Crippen molar-refractivity contribution < 1.29 is 4.39 Å². The second-order valence-electron chi connectivity index (χ2n) is 7.94. The first-order chi connectivity index (χ1) is 14.7. The number of nitrogens with zero attached hydrogens (tertiary/aromatic N) is 5. The van der Waals surface area contributed by atoms with E-state index >= 15 is 0 Å². The highest BCUT2D eigenvalue weighted by molar-refractivity contribution is 5.62. The summed E-state index contributed by atoms with van der Waals surface area (Å²) in [6.45, 7) is 5.98. The Morgan fingerprint density at radius 1 is 1.07 bits per heavy atom. The van der Waals surface area contributed by atoms with E-state index in [0.717, 1.165) is 50.5 Å². The van der Waals surface area contributed by atoms with Gasteiger partial charge < -0.3 is 20.1 Å².